The van der Waals surface area contributed by atoms with Gasteiger partial charge in [-0.05, 0) is 10.8 Å². The maximum Gasteiger partial charge on any atom is 0.230 e. The van der Waals surface area contributed by atoms with Crippen LogP contribution in [0.15, 0.2) is 9.59 Å². The Labute approximate surface area is 158 Å². The number of hydrogen-bond donors (Lipinski definition) is 0. The molecule has 0 saturated heterocycles. The van der Waals surface area contributed by atoms with Crippen LogP contribution in [0.2, 0.25) is 0 Å². The van der Waals surface area contributed by atoms with E-state index in [-0.39, 0.29) is 33.3 Å². The topological polar surface area (TPSA) is 68.3 Å². The van der Waals surface area contributed by atoms with Crippen molar-refractivity contribution in [3.05, 3.63) is 31.6 Å². The standard InChI is InChI=1S/C12H18O2.C10H18O2/c1-11(2,3)7-8(12(4,5)6)10(14)9(7)13;1-9(2,3)7(11)8(12)10(4,5)6/h1-6H3;1-6H3. The third-order valence-electron chi connectivity index (χ3n) is 3.98. The highest BCUT2D eigenvalue weighted by atomic mass is 16.2. The van der Waals surface area contributed by atoms with E-state index in [1.807, 2.05) is 41.5 Å². The van der Waals surface area contributed by atoms with Gasteiger partial charge in [0.1, 0.15) is 0 Å². The molecule has 4 heteroatoms. The molecule has 4 nitrogen and oxygen atoms in total. The molecule has 0 aromatic heterocycles. The van der Waals surface area contributed by atoms with E-state index < -0.39 is 10.8 Å². The fourth-order valence-electron chi connectivity index (χ4n) is 2.50. The molecule has 0 amide bonds. The van der Waals surface area contributed by atoms with Crippen molar-refractivity contribution in [2.24, 2.45) is 10.8 Å². The van der Waals surface area contributed by atoms with Crippen LogP contribution in [0.1, 0.15) is 94.2 Å². The maximum atomic E-state index is 11.5. The van der Waals surface area contributed by atoms with Crippen LogP contribution in [-0.4, -0.2) is 11.6 Å². The van der Waals surface area contributed by atoms with Crippen LogP contribution >= 0.6 is 0 Å². The number of hydrogen-bond acceptors (Lipinski definition) is 4. The Bertz CT molecular complexity index is 679. The van der Waals surface area contributed by atoms with Crippen LogP contribution in [0.3, 0.4) is 0 Å². The average molecular weight is 365 g/mol. The number of Topliss-reactive ketones (excluding diaryl/α,β-unsaturated/α-hetero) is 2. The molecule has 0 aliphatic heterocycles. The van der Waals surface area contributed by atoms with Crippen molar-refractivity contribution in [1.29, 1.82) is 0 Å². The quantitative estimate of drug-likeness (QED) is 0.704. The zero-order chi connectivity index (χ0) is 21.5. The monoisotopic (exact) mass is 364 g/mol. The zero-order valence-corrected chi connectivity index (χ0v) is 18.6. The molecule has 26 heavy (non-hydrogen) atoms. The van der Waals surface area contributed by atoms with E-state index in [2.05, 4.69) is 0 Å². The number of carbonyl (C=O) groups is 2. The van der Waals surface area contributed by atoms with Crippen LogP contribution in [-0.2, 0) is 20.4 Å². The highest BCUT2D eigenvalue weighted by Gasteiger charge is 2.36. The SMILES string of the molecule is CC(C)(C)C(=O)C(=O)C(C)(C)C.CC(C)(C)c1c(C(C)(C)C)c(=O)c1=O. The molecule has 0 spiro atoms. The first kappa shape index (κ1) is 24.4. The van der Waals surface area contributed by atoms with Crippen molar-refractivity contribution < 1.29 is 9.59 Å². The van der Waals surface area contributed by atoms with Crippen LogP contribution in [0, 0.1) is 10.8 Å². The fraction of sp³-hybridized carbons (Fsp3) is 0.727. The van der Waals surface area contributed by atoms with Crippen molar-refractivity contribution in [2.75, 3.05) is 0 Å². The van der Waals surface area contributed by atoms with Gasteiger partial charge in [0, 0.05) is 22.0 Å². The van der Waals surface area contributed by atoms with Gasteiger partial charge in [-0.15, -0.1) is 0 Å². The average Bonchev–Trinajstić information content (AvgIpc) is 2.37. The molecule has 1 aromatic carbocycles. The Hall–Kier alpha value is -1.58. The minimum atomic E-state index is -0.551. The smallest absolute Gasteiger partial charge is 0.230 e. The summed E-state index contributed by atoms with van der Waals surface area (Å²) in [4.78, 5) is 45.8. The van der Waals surface area contributed by atoms with Crippen LogP contribution in [0.5, 0.6) is 0 Å². The van der Waals surface area contributed by atoms with Crippen molar-refractivity contribution >= 4 is 11.6 Å². The maximum absolute atomic E-state index is 11.5. The van der Waals surface area contributed by atoms with Crippen LogP contribution in [0.4, 0.5) is 0 Å². The molecular formula is C22H36O4. The van der Waals surface area contributed by atoms with Gasteiger partial charge in [-0.2, -0.15) is 0 Å². The predicted octanol–water partition coefficient (Wildman–Crippen LogP) is 4.09. The van der Waals surface area contributed by atoms with Crippen molar-refractivity contribution in [3.8, 4) is 0 Å². The molecule has 0 N–H and O–H groups in total. The lowest BCUT2D eigenvalue weighted by molar-refractivity contribution is -0.145. The minimum absolute atomic E-state index is 0.215. The van der Waals surface area contributed by atoms with Gasteiger partial charge < -0.3 is 0 Å². The fourth-order valence-corrected chi connectivity index (χ4v) is 2.50. The molecular weight excluding hydrogens is 328 g/mol. The highest BCUT2D eigenvalue weighted by molar-refractivity contribution is 6.40. The molecule has 0 heterocycles. The molecule has 0 fully saturated rings. The van der Waals surface area contributed by atoms with E-state index in [4.69, 9.17) is 0 Å². The molecule has 0 aliphatic rings. The number of ketones is 2. The summed E-state index contributed by atoms with van der Waals surface area (Å²) < 4.78 is 0. The molecule has 1 aromatic rings. The van der Waals surface area contributed by atoms with Crippen molar-refractivity contribution in [2.45, 2.75) is 93.9 Å². The second-order valence-corrected chi connectivity index (χ2v) is 11.1. The first-order valence-corrected chi connectivity index (χ1v) is 9.07. The number of carbonyl (C=O) groups excluding carboxylic acids is 2. The lowest BCUT2D eigenvalue weighted by Gasteiger charge is -2.30. The first-order valence-electron chi connectivity index (χ1n) is 9.07. The van der Waals surface area contributed by atoms with E-state index in [9.17, 15) is 19.2 Å². The Morgan fingerprint density at radius 2 is 0.692 bits per heavy atom. The van der Waals surface area contributed by atoms with Crippen molar-refractivity contribution in [1.82, 2.24) is 0 Å². The summed E-state index contributed by atoms with van der Waals surface area (Å²) in [5.41, 5.74) is -0.675. The molecule has 1 rings (SSSR count). The largest absolute Gasteiger partial charge is 0.290 e. The Balaban J connectivity index is 0.000000488. The predicted molar refractivity (Wildman–Crippen MR) is 108 cm³/mol. The number of rotatable bonds is 1. The summed E-state index contributed by atoms with van der Waals surface area (Å²) in [5, 5.41) is 0. The lowest BCUT2D eigenvalue weighted by atomic mass is 9.71. The van der Waals surface area contributed by atoms with E-state index in [0.717, 1.165) is 11.1 Å². The molecule has 0 aliphatic carbocycles. The van der Waals surface area contributed by atoms with Gasteiger partial charge in [0.25, 0.3) is 0 Å². The van der Waals surface area contributed by atoms with Gasteiger partial charge in [0.2, 0.25) is 22.4 Å². The van der Waals surface area contributed by atoms with E-state index in [1.54, 1.807) is 41.5 Å². The third kappa shape index (κ3) is 5.72. The summed E-state index contributed by atoms with van der Waals surface area (Å²) in [5.74, 6) is -0.565. The zero-order valence-electron chi connectivity index (χ0n) is 18.6. The van der Waals surface area contributed by atoms with Gasteiger partial charge >= 0.3 is 0 Å². The van der Waals surface area contributed by atoms with E-state index in [1.165, 1.54) is 0 Å². The van der Waals surface area contributed by atoms with Crippen molar-refractivity contribution in [3.63, 3.8) is 0 Å². The van der Waals surface area contributed by atoms with Gasteiger partial charge in [0.15, 0.2) is 0 Å². The summed E-state index contributed by atoms with van der Waals surface area (Å²) >= 11 is 0. The summed E-state index contributed by atoms with van der Waals surface area (Å²) in [6.45, 7) is 22.4. The Kier molecular flexibility index (Phi) is 6.77. The van der Waals surface area contributed by atoms with E-state index in [0.29, 0.717) is 0 Å². The normalized spacial score (nSPS) is 13.2. The second-order valence-electron chi connectivity index (χ2n) is 11.1. The molecule has 0 unspecified atom stereocenters. The second kappa shape index (κ2) is 7.21. The van der Waals surface area contributed by atoms with Crippen LogP contribution in [0.25, 0.3) is 0 Å². The Morgan fingerprint density at radius 3 is 0.808 bits per heavy atom. The van der Waals surface area contributed by atoms with Gasteiger partial charge in [0.05, 0.1) is 0 Å². The van der Waals surface area contributed by atoms with Gasteiger partial charge in [-0.25, -0.2) is 0 Å². The van der Waals surface area contributed by atoms with Crippen LogP contribution < -0.4 is 10.9 Å². The summed E-state index contributed by atoms with van der Waals surface area (Å²) in [7, 11) is 0. The molecule has 148 valence electrons. The first-order chi connectivity index (χ1) is 11.1. The van der Waals surface area contributed by atoms with Gasteiger partial charge in [-0.3, -0.25) is 19.2 Å². The summed E-state index contributed by atoms with van der Waals surface area (Å²) in [6.07, 6.45) is 0. The Morgan fingerprint density at radius 1 is 0.500 bits per heavy atom. The molecule has 0 atom stereocenters. The molecule has 0 radical (unpaired) electrons. The molecule has 0 saturated carbocycles. The van der Waals surface area contributed by atoms with E-state index >= 15 is 0 Å². The molecule has 0 bridgehead atoms. The summed E-state index contributed by atoms with van der Waals surface area (Å²) in [6, 6.07) is 0. The third-order valence-corrected chi connectivity index (χ3v) is 3.98. The minimum Gasteiger partial charge on any atom is -0.290 e. The highest BCUT2D eigenvalue weighted by Crippen LogP contribution is 2.30. The lowest BCUT2D eigenvalue weighted by Crippen LogP contribution is -2.48. The van der Waals surface area contributed by atoms with Gasteiger partial charge in [-0.1, -0.05) is 83.1 Å².